The zero-order chi connectivity index (χ0) is 35.0. The molecular weight excluding hydrogens is 692 g/mol. The molecule has 50 heavy (non-hydrogen) atoms. The fourth-order valence-corrected chi connectivity index (χ4v) is 6.41. The highest BCUT2D eigenvalue weighted by molar-refractivity contribution is 7.92. The first-order valence-corrected chi connectivity index (χ1v) is 18.4. The molecule has 11 nitrogen and oxygen atoms in total. The molecule has 0 radical (unpaired) electrons. The Morgan fingerprint density at radius 3 is 2.16 bits per heavy atom. The summed E-state index contributed by atoms with van der Waals surface area (Å²) in [6, 6.07) is 15.6. The number of nitrogens with zero attached hydrogens (tertiary/aromatic N) is 3. The molecule has 2 fully saturated rings. The van der Waals surface area contributed by atoms with E-state index in [4.69, 9.17) is 9.47 Å². The number of urea groups is 1. The number of piperidine rings is 1. The lowest BCUT2D eigenvalue weighted by Gasteiger charge is -2.34. The van der Waals surface area contributed by atoms with Gasteiger partial charge in [0.2, 0.25) is 10.0 Å². The Morgan fingerprint density at radius 1 is 0.940 bits per heavy atom. The smallest absolute Gasteiger partial charge is 0.322 e. The normalized spacial score (nSPS) is 15.6. The third-order valence-electron chi connectivity index (χ3n) is 8.47. The van der Waals surface area contributed by atoms with E-state index in [2.05, 4.69) is 14.9 Å². The topological polar surface area (TPSA) is 121 Å². The zero-order valence-corrected chi connectivity index (χ0v) is 29.8. The van der Waals surface area contributed by atoms with Gasteiger partial charge in [0, 0.05) is 57.1 Å². The molecule has 0 saturated carbocycles. The van der Waals surface area contributed by atoms with Gasteiger partial charge in [-0.15, -0.1) is 12.4 Å². The SMILES string of the molecule is CCCCN(C(=O)NC1CCN(Cc2ccc(Oc3ccc(NS(C)(=O)=O)cc3)cc2)CC1)c1cc(C(=O)N2CCOCC2)c(F)cc1F.Cl. The molecule has 0 spiro atoms. The molecule has 2 aliphatic rings. The van der Waals surface area contributed by atoms with Crippen LogP contribution < -0.4 is 19.7 Å². The Morgan fingerprint density at radius 2 is 1.56 bits per heavy atom. The Labute approximate surface area is 298 Å². The number of anilines is 2. The summed E-state index contributed by atoms with van der Waals surface area (Å²) in [6.07, 6.45) is 3.86. The quantitative estimate of drug-likeness (QED) is 0.234. The van der Waals surface area contributed by atoms with E-state index in [-0.39, 0.29) is 36.2 Å². The largest absolute Gasteiger partial charge is 0.457 e. The highest BCUT2D eigenvalue weighted by atomic mass is 35.5. The Bertz CT molecular complexity index is 1700. The van der Waals surface area contributed by atoms with Gasteiger partial charge in [0.15, 0.2) is 0 Å². The van der Waals surface area contributed by atoms with Crippen LogP contribution in [-0.4, -0.2) is 88.4 Å². The number of sulfonamides is 1. The molecular formula is C35H44ClF2N5O6S. The lowest BCUT2D eigenvalue weighted by atomic mass is 10.0. The van der Waals surface area contributed by atoms with Crippen LogP contribution in [0.25, 0.3) is 0 Å². The summed E-state index contributed by atoms with van der Waals surface area (Å²) in [4.78, 5) is 31.7. The number of carbonyl (C=O) groups excluding carboxylic acids is 2. The zero-order valence-electron chi connectivity index (χ0n) is 28.2. The van der Waals surface area contributed by atoms with E-state index in [1.165, 1.54) is 9.80 Å². The van der Waals surface area contributed by atoms with Crippen LogP contribution >= 0.6 is 12.4 Å². The first-order valence-electron chi connectivity index (χ1n) is 16.5. The fraction of sp³-hybridized carbons (Fsp3) is 0.429. The molecule has 3 aromatic rings. The van der Waals surface area contributed by atoms with Crippen LogP contribution in [0.1, 0.15) is 48.5 Å². The maximum atomic E-state index is 15.2. The first kappa shape index (κ1) is 38.8. The number of unbranched alkanes of at least 4 members (excludes halogenated alkanes) is 1. The maximum Gasteiger partial charge on any atom is 0.322 e. The number of ether oxygens (including phenoxy) is 2. The summed E-state index contributed by atoms with van der Waals surface area (Å²) in [5, 5.41) is 3.05. The number of amides is 3. The van der Waals surface area contributed by atoms with Gasteiger partial charge in [-0.05, 0) is 67.3 Å². The molecule has 0 bridgehead atoms. The molecule has 272 valence electrons. The van der Waals surface area contributed by atoms with E-state index >= 15 is 4.39 Å². The minimum atomic E-state index is -3.35. The second-order valence-electron chi connectivity index (χ2n) is 12.3. The van der Waals surface area contributed by atoms with E-state index in [1.54, 1.807) is 24.3 Å². The monoisotopic (exact) mass is 735 g/mol. The van der Waals surface area contributed by atoms with Crippen LogP contribution in [0.4, 0.5) is 25.0 Å². The summed E-state index contributed by atoms with van der Waals surface area (Å²) >= 11 is 0. The minimum absolute atomic E-state index is 0. The van der Waals surface area contributed by atoms with Crippen LogP contribution in [0.5, 0.6) is 11.5 Å². The van der Waals surface area contributed by atoms with Crippen LogP contribution in [0.2, 0.25) is 0 Å². The van der Waals surface area contributed by atoms with Crippen molar-refractivity contribution in [1.29, 1.82) is 0 Å². The number of hydrogen-bond acceptors (Lipinski definition) is 7. The highest BCUT2D eigenvalue weighted by Gasteiger charge is 2.28. The lowest BCUT2D eigenvalue weighted by Crippen LogP contribution is -2.49. The van der Waals surface area contributed by atoms with E-state index in [0.717, 1.165) is 43.9 Å². The molecule has 0 unspecified atom stereocenters. The Kier molecular flexibility index (Phi) is 13.8. The van der Waals surface area contributed by atoms with Crippen molar-refractivity contribution in [3.63, 3.8) is 0 Å². The number of carbonyl (C=O) groups is 2. The van der Waals surface area contributed by atoms with Crippen molar-refractivity contribution in [2.24, 2.45) is 0 Å². The van der Waals surface area contributed by atoms with Crippen molar-refractivity contribution >= 4 is 45.7 Å². The number of morpholine rings is 1. The molecule has 0 aliphatic carbocycles. The lowest BCUT2D eigenvalue weighted by molar-refractivity contribution is 0.0300. The third-order valence-corrected chi connectivity index (χ3v) is 9.08. The predicted molar refractivity (Wildman–Crippen MR) is 191 cm³/mol. The van der Waals surface area contributed by atoms with Crippen molar-refractivity contribution < 1.29 is 36.3 Å². The van der Waals surface area contributed by atoms with Crippen molar-refractivity contribution in [1.82, 2.24) is 15.1 Å². The van der Waals surface area contributed by atoms with E-state index < -0.39 is 33.6 Å². The standard InChI is InChI=1S/C35H43F2N5O6S.ClH/c1-3-4-15-42(33-22-30(31(36)23-32(33)37)34(43)41-18-20-47-21-19-41)35(44)38-26-13-16-40(17-14-26)24-25-5-9-28(10-6-25)48-29-11-7-27(8-12-29)39-49(2,45)46;/h5-12,22-23,26,39H,3-4,13-21,24H2,1-2H3,(H,38,44);1H. The van der Waals surface area contributed by atoms with Gasteiger partial charge in [-0.2, -0.15) is 0 Å². The summed E-state index contributed by atoms with van der Waals surface area (Å²) in [5.74, 6) is -1.18. The summed E-state index contributed by atoms with van der Waals surface area (Å²) in [7, 11) is -3.35. The Hall–Kier alpha value is -3.98. The number of nitrogens with one attached hydrogen (secondary N) is 2. The predicted octanol–water partition coefficient (Wildman–Crippen LogP) is 6.00. The van der Waals surface area contributed by atoms with Gasteiger partial charge in [0.25, 0.3) is 5.91 Å². The maximum absolute atomic E-state index is 15.2. The third kappa shape index (κ3) is 10.8. The van der Waals surface area contributed by atoms with Gasteiger partial charge < -0.3 is 19.7 Å². The van der Waals surface area contributed by atoms with Gasteiger partial charge in [-0.3, -0.25) is 19.3 Å². The van der Waals surface area contributed by atoms with Crippen molar-refractivity contribution in [2.45, 2.75) is 45.2 Å². The number of rotatable bonds is 12. The van der Waals surface area contributed by atoms with Gasteiger partial charge in [0.05, 0.1) is 30.7 Å². The molecule has 2 saturated heterocycles. The van der Waals surface area contributed by atoms with Gasteiger partial charge in [0.1, 0.15) is 23.1 Å². The molecule has 2 N–H and O–H groups in total. The molecule has 3 aromatic carbocycles. The summed E-state index contributed by atoms with van der Waals surface area (Å²) in [6.45, 7) is 5.71. The van der Waals surface area contributed by atoms with Crippen LogP contribution in [-0.2, 0) is 21.3 Å². The van der Waals surface area contributed by atoms with Gasteiger partial charge in [-0.1, -0.05) is 25.5 Å². The number of likely N-dealkylation sites (tertiary alicyclic amines) is 1. The van der Waals surface area contributed by atoms with Crippen molar-refractivity contribution in [2.75, 3.05) is 61.8 Å². The van der Waals surface area contributed by atoms with E-state index in [1.807, 2.05) is 31.2 Å². The average Bonchev–Trinajstić information content (AvgIpc) is 3.08. The van der Waals surface area contributed by atoms with Gasteiger partial charge >= 0.3 is 6.03 Å². The van der Waals surface area contributed by atoms with Crippen LogP contribution in [0.15, 0.2) is 60.7 Å². The second-order valence-corrected chi connectivity index (χ2v) is 14.1. The van der Waals surface area contributed by atoms with Crippen LogP contribution in [0.3, 0.4) is 0 Å². The average molecular weight is 736 g/mol. The molecule has 3 amide bonds. The number of hydrogen-bond donors (Lipinski definition) is 2. The number of benzene rings is 3. The second kappa shape index (κ2) is 17.8. The molecule has 2 aliphatic heterocycles. The highest BCUT2D eigenvalue weighted by Crippen LogP contribution is 2.27. The molecule has 2 heterocycles. The Balaban J connectivity index is 0.00000562. The summed E-state index contributed by atoms with van der Waals surface area (Å²) < 4.78 is 66.4. The summed E-state index contributed by atoms with van der Waals surface area (Å²) in [5.41, 5.74) is 1.17. The fourth-order valence-electron chi connectivity index (χ4n) is 5.84. The molecule has 0 aromatic heterocycles. The van der Waals surface area contributed by atoms with Crippen LogP contribution in [0, 0.1) is 11.6 Å². The van der Waals surface area contributed by atoms with Gasteiger partial charge in [-0.25, -0.2) is 22.0 Å². The molecule has 15 heteroatoms. The number of halogens is 3. The van der Waals surface area contributed by atoms with Crippen molar-refractivity contribution in [3.8, 4) is 11.5 Å². The van der Waals surface area contributed by atoms with E-state index in [9.17, 15) is 22.4 Å². The van der Waals surface area contributed by atoms with Crippen molar-refractivity contribution in [3.05, 3.63) is 83.4 Å². The first-order chi connectivity index (χ1) is 23.5. The molecule has 5 rings (SSSR count). The minimum Gasteiger partial charge on any atom is -0.457 e. The van der Waals surface area contributed by atoms with E-state index in [0.29, 0.717) is 68.8 Å². The molecule has 0 atom stereocenters.